The van der Waals surface area contributed by atoms with E-state index in [4.69, 9.17) is 17.3 Å². The fourth-order valence-corrected chi connectivity index (χ4v) is 2.78. The van der Waals surface area contributed by atoms with Crippen molar-refractivity contribution in [3.05, 3.63) is 28.8 Å². The van der Waals surface area contributed by atoms with Crippen molar-refractivity contribution in [1.29, 1.82) is 0 Å². The summed E-state index contributed by atoms with van der Waals surface area (Å²) in [6, 6.07) is 5.80. The van der Waals surface area contributed by atoms with Gasteiger partial charge in [-0.05, 0) is 23.6 Å². The van der Waals surface area contributed by atoms with E-state index in [2.05, 4.69) is 23.6 Å². The van der Waals surface area contributed by atoms with E-state index >= 15 is 0 Å². The van der Waals surface area contributed by atoms with Gasteiger partial charge >= 0.3 is 0 Å². The second-order valence-corrected chi connectivity index (χ2v) is 6.25. The number of nitrogen functional groups attached to an aromatic ring is 1. The minimum absolute atomic E-state index is 0.711. The van der Waals surface area contributed by atoms with E-state index in [0.29, 0.717) is 5.02 Å². The lowest BCUT2D eigenvalue weighted by atomic mass is 10.1. The van der Waals surface area contributed by atoms with Crippen LogP contribution < -0.4 is 5.73 Å². The molecule has 0 saturated carbocycles. The van der Waals surface area contributed by atoms with E-state index in [1.54, 1.807) is 0 Å². The molecule has 1 fully saturated rings. The molecule has 1 aliphatic rings. The Morgan fingerprint density at radius 2 is 1.79 bits per heavy atom. The molecule has 0 unspecified atom stereocenters. The summed E-state index contributed by atoms with van der Waals surface area (Å²) in [5, 5.41) is 0.711. The topological polar surface area (TPSA) is 32.5 Å². The van der Waals surface area contributed by atoms with Crippen molar-refractivity contribution in [2.75, 3.05) is 38.5 Å². The lowest BCUT2D eigenvalue weighted by Gasteiger charge is -2.35. The van der Waals surface area contributed by atoms with Crippen molar-refractivity contribution in [2.45, 2.75) is 20.4 Å². The largest absolute Gasteiger partial charge is 0.398 e. The number of halogens is 1. The monoisotopic (exact) mass is 281 g/mol. The van der Waals surface area contributed by atoms with Gasteiger partial charge in [-0.3, -0.25) is 4.90 Å². The van der Waals surface area contributed by atoms with Crippen molar-refractivity contribution in [3.8, 4) is 0 Å². The van der Waals surface area contributed by atoms with Gasteiger partial charge in [-0.15, -0.1) is 0 Å². The molecule has 1 aromatic rings. The first-order valence-electron chi connectivity index (χ1n) is 7.03. The Labute approximate surface area is 121 Å². The molecule has 1 aliphatic heterocycles. The maximum Gasteiger partial charge on any atom is 0.0426 e. The maximum absolute atomic E-state index is 6.01. The molecule has 3 nitrogen and oxygen atoms in total. The van der Waals surface area contributed by atoms with Crippen LogP contribution in [0.15, 0.2) is 18.2 Å². The van der Waals surface area contributed by atoms with E-state index in [9.17, 15) is 0 Å². The first kappa shape index (κ1) is 14.6. The van der Waals surface area contributed by atoms with Crippen LogP contribution in [-0.2, 0) is 6.54 Å². The molecule has 0 bridgehead atoms. The maximum atomic E-state index is 6.01. The Morgan fingerprint density at radius 1 is 1.16 bits per heavy atom. The van der Waals surface area contributed by atoms with Crippen molar-refractivity contribution in [2.24, 2.45) is 5.92 Å². The highest BCUT2D eigenvalue weighted by atomic mass is 35.5. The number of rotatable bonds is 4. The van der Waals surface area contributed by atoms with Gasteiger partial charge in [0.1, 0.15) is 0 Å². The van der Waals surface area contributed by atoms with Crippen LogP contribution in [0.4, 0.5) is 5.69 Å². The summed E-state index contributed by atoms with van der Waals surface area (Å²) in [5.41, 5.74) is 8.00. The van der Waals surface area contributed by atoms with Gasteiger partial charge in [0, 0.05) is 50.0 Å². The zero-order valence-electron chi connectivity index (χ0n) is 11.9. The van der Waals surface area contributed by atoms with Crippen LogP contribution in [0.2, 0.25) is 5.02 Å². The second kappa shape index (κ2) is 6.60. The van der Waals surface area contributed by atoms with Crippen LogP contribution in [0, 0.1) is 5.92 Å². The fraction of sp³-hybridized carbons (Fsp3) is 0.600. The first-order valence-corrected chi connectivity index (χ1v) is 7.41. The van der Waals surface area contributed by atoms with Crippen molar-refractivity contribution >= 4 is 17.3 Å². The van der Waals surface area contributed by atoms with Gasteiger partial charge in [-0.25, -0.2) is 0 Å². The zero-order chi connectivity index (χ0) is 13.8. The van der Waals surface area contributed by atoms with Crippen LogP contribution in [0.25, 0.3) is 0 Å². The average Bonchev–Trinajstić information content (AvgIpc) is 2.34. The summed E-state index contributed by atoms with van der Waals surface area (Å²) in [6.45, 7) is 11.2. The number of anilines is 1. The quantitative estimate of drug-likeness (QED) is 0.862. The summed E-state index contributed by atoms with van der Waals surface area (Å²) in [5.74, 6) is 0.749. The molecule has 1 heterocycles. The molecule has 0 radical (unpaired) electrons. The van der Waals surface area contributed by atoms with E-state index < -0.39 is 0 Å². The van der Waals surface area contributed by atoms with Crippen molar-refractivity contribution < 1.29 is 0 Å². The predicted octanol–water partition coefficient (Wildman–Crippen LogP) is 2.70. The lowest BCUT2D eigenvalue weighted by molar-refractivity contribution is 0.117. The van der Waals surface area contributed by atoms with E-state index in [0.717, 1.165) is 44.3 Å². The number of nitrogens with two attached hydrogens (primary N) is 1. The first-order chi connectivity index (χ1) is 9.04. The van der Waals surface area contributed by atoms with E-state index in [-0.39, 0.29) is 0 Å². The second-order valence-electron chi connectivity index (χ2n) is 5.81. The zero-order valence-corrected chi connectivity index (χ0v) is 12.7. The predicted molar refractivity (Wildman–Crippen MR) is 82.4 cm³/mol. The minimum Gasteiger partial charge on any atom is -0.398 e. The van der Waals surface area contributed by atoms with Crippen molar-refractivity contribution in [3.63, 3.8) is 0 Å². The highest BCUT2D eigenvalue weighted by Crippen LogP contribution is 2.20. The van der Waals surface area contributed by atoms with Crippen LogP contribution in [0.5, 0.6) is 0 Å². The fourth-order valence-electron chi connectivity index (χ4n) is 2.60. The van der Waals surface area contributed by atoms with Gasteiger partial charge in [0.05, 0.1) is 0 Å². The van der Waals surface area contributed by atoms with Gasteiger partial charge in [0.25, 0.3) is 0 Å². The molecule has 2 rings (SSSR count). The molecule has 2 N–H and O–H groups in total. The van der Waals surface area contributed by atoms with E-state index in [1.807, 2.05) is 18.2 Å². The highest BCUT2D eigenvalue weighted by Gasteiger charge is 2.18. The molecule has 19 heavy (non-hydrogen) atoms. The molecule has 1 aromatic carbocycles. The molecule has 0 atom stereocenters. The Balaban J connectivity index is 1.85. The summed E-state index contributed by atoms with van der Waals surface area (Å²) in [4.78, 5) is 5.02. The number of nitrogens with zero attached hydrogens (tertiary/aromatic N) is 2. The number of hydrogen-bond donors (Lipinski definition) is 1. The summed E-state index contributed by atoms with van der Waals surface area (Å²) in [7, 11) is 0. The Bertz CT molecular complexity index is 412. The average molecular weight is 282 g/mol. The van der Waals surface area contributed by atoms with Crippen molar-refractivity contribution in [1.82, 2.24) is 9.80 Å². The summed E-state index contributed by atoms with van der Waals surface area (Å²) < 4.78 is 0. The number of piperazine rings is 1. The molecular weight excluding hydrogens is 258 g/mol. The summed E-state index contributed by atoms with van der Waals surface area (Å²) >= 11 is 5.93. The SMILES string of the molecule is CC(C)CN1CCN(Cc2ccc(Cl)cc2N)CC1. The molecule has 0 aliphatic carbocycles. The Morgan fingerprint density at radius 3 is 2.37 bits per heavy atom. The van der Waals surface area contributed by atoms with Gasteiger partial charge < -0.3 is 10.6 Å². The van der Waals surface area contributed by atoms with Crippen LogP contribution in [-0.4, -0.2) is 42.5 Å². The van der Waals surface area contributed by atoms with Gasteiger partial charge in [-0.2, -0.15) is 0 Å². The number of hydrogen-bond acceptors (Lipinski definition) is 3. The molecule has 0 amide bonds. The smallest absolute Gasteiger partial charge is 0.0426 e. The molecule has 0 spiro atoms. The Kier molecular flexibility index (Phi) is 5.08. The van der Waals surface area contributed by atoms with Gasteiger partial charge in [0.2, 0.25) is 0 Å². The third kappa shape index (κ3) is 4.37. The molecular formula is C15H24ClN3. The molecule has 4 heteroatoms. The van der Waals surface area contributed by atoms with Crippen LogP contribution in [0.3, 0.4) is 0 Å². The summed E-state index contributed by atoms with van der Waals surface area (Å²) in [6.07, 6.45) is 0. The lowest BCUT2D eigenvalue weighted by Crippen LogP contribution is -2.46. The third-order valence-electron chi connectivity index (χ3n) is 3.59. The van der Waals surface area contributed by atoms with E-state index in [1.165, 1.54) is 12.1 Å². The Hall–Kier alpha value is -0.770. The van der Waals surface area contributed by atoms with Crippen LogP contribution in [0.1, 0.15) is 19.4 Å². The minimum atomic E-state index is 0.711. The highest BCUT2D eigenvalue weighted by molar-refractivity contribution is 6.30. The standard InChI is InChI=1S/C15H24ClN3/c1-12(2)10-18-5-7-19(8-6-18)11-13-3-4-14(16)9-15(13)17/h3-4,9,12H,5-8,10-11,17H2,1-2H3. The van der Waals surface area contributed by atoms with Gasteiger partial charge in [0.15, 0.2) is 0 Å². The molecule has 106 valence electrons. The number of benzene rings is 1. The van der Waals surface area contributed by atoms with Gasteiger partial charge in [-0.1, -0.05) is 31.5 Å². The molecule has 0 aromatic heterocycles. The van der Waals surface area contributed by atoms with Crippen LogP contribution >= 0.6 is 11.6 Å². The normalized spacial score (nSPS) is 18.1. The third-order valence-corrected chi connectivity index (χ3v) is 3.83. The molecule has 1 saturated heterocycles.